The summed E-state index contributed by atoms with van der Waals surface area (Å²) < 4.78 is 6.72. The van der Waals surface area contributed by atoms with Gasteiger partial charge in [0.2, 0.25) is 0 Å². The van der Waals surface area contributed by atoms with E-state index in [2.05, 4.69) is 21.2 Å². The van der Waals surface area contributed by atoms with Gasteiger partial charge in [0, 0.05) is 17.6 Å². The second-order valence-electron chi connectivity index (χ2n) is 4.35. The first-order valence-electron chi connectivity index (χ1n) is 6.13. The van der Waals surface area contributed by atoms with E-state index in [0.29, 0.717) is 12.3 Å². The number of hydrogen-bond donors (Lipinski definition) is 2. The molecule has 98 valence electrons. The minimum absolute atomic E-state index is 0.0234. The second kappa shape index (κ2) is 6.20. The van der Waals surface area contributed by atoms with Crippen molar-refractivity contribution in [2.45, 2.75) is 31.9 Å². The maximum absolute atomic E-state index is 11.8. The summed E-state index contributed by atoms with van der Waals surface area (Å²) in [5.41, 5.74) is 6.61. The van der Waals surface area contributed by atoms with Crippen LogP contribution in [-0.4, -0.2) is 18.6 Å². The monoisotopic (exact) mass is 312 g/mol. The SMILES string of the molecule is NCc1cc(OC2CCCCNC2=O)ccc1Br. The maximum atomic E-state index is 11.8. The Labute approximate surface area is 115 Å². The molecule has 3 N–H and O–H groups in total. The van der Waals surface area contributed by atoms with Crippen LogP contribution in [0.1, 0.15) is 24.8 Å². The third-order valence-corrected chi connectivity index (χ3v) is 3.77. The van der Waals surface area contributed by atoms with Gasteiger partial charge in [-0.25, -0.2) is 0 Å². The number of amides is 1. The van der Waals surface area contributed by atoms with Crippen LogP contribution in [0.2, 0.25) is 0 Å². The molecule has 0 aliphatic carbocycles. The zero-order valence-corrected chi connectivity index (χ0v) is 11.7. The van der Waals surface area contributed by atoms with Gasteiger partial charge in [0.25, 0.3) is 5.91 Å². The van der Waals surface area contributed by atoms with Crippen LogP contribution in [0.4, 0.5) is 0 Å². The number of nitrogens with one attached hydrogen (secondary N) is 1. The van der Waals surface area contributed by atoms with Crippen LogP contribution in [0.15, 0.2) is 22.7 Å². The second-order valence-corrected chi connectivity index (χ2v) is 5.20. The summed E-state index contributed by atoms with van der Waals surface area (Å²) in [5, 5.41) is 2.86. The molecule has 1 atom stereocenters. The number of nitrogens with two attached hydrogens (primary N) is 1. The highest BCUT2D eigenvalue weighted by atomic mass is 79.9. The van der Waals surface area contributed by atoms with Crippen molar-refractivity contribution in [3.8, 4) is 5.75 Å². The lowest BCUT2D eigenvalue weighted by molar-refractivity contribution is -0.127. The molecule has 0 radical (unpaired) electrons. The van der Waals surface area contributed by atoms with E-state index < -0.39 is 0 Å². The Morgan fingerprint density at radius 3 is 3.06 bits per heavy atom. The fraction of sp³-hybridized carbons (Fsp3) is 0.462. The predicted octanol–water partition coefficient (Wildman–Crippen LogP) is 1.96. The average Bonchev–Trinajstić information content (AvgIpc) is 2.57. The highest BCUT2D eigenvalue weighted by Crippen LogP contribution is 2.24. The van der Waals surface area contributed by atoms with Crippen molar-refractivity contribution in [3.63, 3.8) is 0 Å². The zero-order chi connectivity index (χ0) is 13.0. The van der Waals surface area contributed by atoms with Crippen LogP contribution >= 0.6 is 15.9 Å². The number of carbonyl (C=O) groups is 1. The summed E-state index contributed by atoms with van der Waals surface area (Å²) in [4.78, 5) is 11.8. The normalized spacial score (nSPS) is 20.1. The smallest absolute Gasteiger partial charge is 0.261 e. The third-order valence-electron chi connectivity index (χ3n) is 3.00. The van der Waals surface area contributed by atoms with Gasteiger partial charge < -0.3 is 15.8 Å². The van der Waals surface area contributed by atoms with Crippen LogP contribution in [0, 0.1) is 0 Å². The average molecular weight is 313 g/mol. The number of halogens is 1. The van der Waals surface area contributed by atoms with Gasteiger partial charge in [-0.15, -0.1) is 0 Å². The van der Waals surface area contributed by atoms with Gasteiger partial charge >= 0.3 is 0 Å². The van der Waals surface area contributed by atoms with Crippen molar-refractivity contribution >= 4 is 21.8 Å². The van der Waals surface area contributed by atoms with E-state index in [-0.39, 0.29) is 12.0 Å². The summed E-state index contributed by atoms with van der Waals surface area (Å²) >= 11 is 3.43. The first-order valence-corrected chi connectivity index (χ1v) is 6.93. The fourth-order valence-corrected chi connectivity index (χ4v) is 2.38. The van der Waals surface area contributed by atoms with E-state index in [4.69, 9.17) is 10.5 Å². The van der Waals surface area contributed by atoms with Crippen LogP contribution in [-0.2, 0) is 11.3 Å². The van der Waals surface area contributed by atoms with E-state index in [1.807, 2.05) is 18.2 Å². The molecule has 1 aromatic rings. The lowest BCUT2D eigenvalue weighted by Gasteiger charge is -2.16. The number of rotatable bonds is 3. The molecule has 5 heteroatoms. The molecule has 1 saturated heterocycles. The molecular weight excluding hydrogens is 296 g/mol. The van der Waals surface area contributed by atoms with Gasteiger partial charge in [0.05, 0.1) is 0 Å². The van der Waals surface area contributed by atoms with Crippen molar-refractivity contribution in [1.82, 2.24) is 5.32 Å². The molecule has 1 unspecified atom stereocenters. The molecule has 1 aromatic carbocycles. The van der Waals surface area contributed by atoms with Crippen molar-refractivity contribution in [1.29, 1.82) is 0 Å². The molecule has 1 amide bonds. The summed E-state index contributed by atoms with van der Waals surface area (Å²) in [7, 11) is 0. The van der Waals surface area contributed by atoms with Crippen molar-refractivity contribution in [3.05, 3.63) is 28.2 Å². The van der Waals surface area contributed by atoms with Crippen LogP contribution in [0.25, 0.3) is 0 Å². The fourth-order valence-electron chi connectivity index (χ4n) is 1.97. The molecule has 1 fully saturated rings. The van der Waals surface area contributed by atoms with E-state index in [9.17, 15) is 4.79 Å². The van der Waals surface area contributed by atoms with E-state index in [0.717, 1.165) is 35.8 Å². The number of hydrogen-bond acceptors (Lipinski definition) is 3. The molecule has 1 aliphatic heterocycles. The number of carbonyl (C=O) groups excluding carboxylic acids is 1. The minimum atomic E-state index is -0.390. The van der Waals surface area contributed by atoms with Gasteiger partial charge in [0.1, 0.15) is 5.75 Å². The highest BCUT2D eigenvalue weighted by molar-refractivity contribution is 9.10. The molecule has 0 aromatic heterocycles. The summed E-state index contributed by atoms with van der Waals surface area (Å²) in [6.07, 6.45) is 2.39. The van der Waals surface area contributed by atoms with Gasteiger partial charge in [-0.3, -0.25) is 4.79 Å². The van der Waals surface area contributed by atoms with Gasteiger partial charge in [0.15, 0.2) is 6.10 Å². The standard InChI is InChI=1S/C13H17BrN2O2/c14-11-5-4-10(7-9(11)8-15)18-12-3-1-2-6-16-13(12)17/h4-5,7,12H,1-3,6,8,15H2,(H,16,17). The largest absolute Gasteiger partial charge is 0.481 e. The van der Waals surface area contributed by atoms with E-state index in [1.54, 1.807) is 0 Å². The number of ether oxygens (including phenoxy) is 1. The third kappa shape index (κ3) is 3.23. The predicted molar refractivity (Wildman–Crippen MR) is 73.3 cm³/mol. The molecule has 18 heavy (non-hydrogen) atoms. The molecule has 1 aliphatic rings. The number of benzene rings is 1. The van der Waals surface area contributed by atoms with Gasteiger partial charge in [-0.1, -0.05) is 15.9 Å². The Morgan fingerprint density at radius 1 is 1.44 bits per heavy atom. The molecular formula is C13H17BrN2O2. The quantitative estimate of drug-likeness (QED) is 0.896. The van der Waals surface area contributed by atoms with Gasteiger partial charge in [-0.05, 0) is 43.0 Å². The molecule has 2 rings (SSSR count). The first kappa shape index (κ1) is 13.4. The Balaban J connectivity index is 2.10. The van der Waals surface area contributed by atoms with Crippen molar-refractivity contribution in [2.24, 2.45) is 5.73 Å². The molecule has 4 nitrogen and oxygen atoms in total. The molecule has 0 spiro atoms. The van der Waals surface area contributed by atoms with E-state index >= 15 is 0 Å². The minimum Gasteiger partial charge on any atom is -0.481 e. The summed E-state index contributed by atoms with van der Waals surface area (Å²) in [6.45, 7) is 1.18. The highest BCUT2D eigenvalue weighted by Gasteiger charge is 2.22. The van der Waals surface area contributed by atoms with Crippen molar-refractivity contribution < 1.29 is 9.53 Å². The summed E-state index contributed by atoms with van der Waals surface area (Å²) in [6, 6.07) is 5.62. The zero-order valence-electron chi connectivity index (χ0n) is 10.1. The molecule has 0 bridgehead atoms. The van der Waals surface area contributed by atoms with Crippen LogP contribution < -0.4 is 15.8 Å². The maximum Gasteiger partial charge on any atom is 0.261 e. The molecule has 0 saturated carbocycles. The topological polar surface area (TPSA) is 64.3 Å². The van der Waals surface area contributed by atoms with E-state index in [1.165, 1.54) is 0 Å². The Bertz CT molecular complexity index is 437. The Kier molecular flexibility index (Phi) is 4.60. The Hall–Kier alpha value is -1.07. The lowest BCUT2D eigenvalue weighted by atomic mass is 10.1. The molecule has 1 heterocycles. The lowest BCUT2D eigenvalue weighted by Crippen LogP contribution is -2.36. The van der Waals surface area contributed by atoms with Gasteiger partial charge in [-0.2, -0.15) is 0 Å². The first-order chi connectivity index (χ1) is 8.70. The van der Waals surface area contributed by atoms with Crippen LogP contribution in [0.3, 0.4) is 0 Å². The summed E-state index contributed by atoms with van der Waals surface area (Å²) in [5.74, 6) is 0.672. The van der Waals surface area contributed by atoms with Crippen LogP contribution in [0.5, 0.6) is 5.75 Å². The van der Waals surface area contributed by atoms with Crippen molar-refractivity contribution in [2.75, 3.05) is 6.54 Å². The Morgan fingerprint density at radius 2 is 2.28 bits per heavy atom.